The maximum absolute atomic E-state index is 12.5. The third-order valence-electron chi connectivity index (χ3n) is 2.35. The van der Waals surface area contributed by atoms with Crippen LogP contribution in [0.5, 0.6) is 0 Å². The van der Waals surface area contributed by atoms with Gasteiger partial charge in [0.2, 0.25) is 10.0 Å². The average Bonchev–Trinajstić information content (AvgIpc) is 2.28. The smallest absolute Gasteiger partial charge is 0.326 e. The molecule has 0 unspecified atom stereocenters. The first-order chi connectivity index (χ1) is 8.95. The maximum Gasteiger partial charge on any atom is 0.402 e. The Morgan fingerprint density at radius 2 is 1.95 bits per heavy atom. The largest absolute Gasteiger partial charge is 0.402 e. The molecule has 5 nitrogen and oxygen atoms in total. The monoisotopic (exact) mass is 332 g/mol. The van der Waals surface area contributed by atoms with E-state index in [1.54, 1.807) is 0 Å². The van der Waals surface area contributed by atoms with Gasteiger partial charge in [0.05, 0.1) is 4.90 Å². The second kappa shape index (κ2) is 5.74. The van der Waals surface area contributed by atoms with Crippen LogP contribution in [-0.4, -0.2) is 36.5 Å². The summed E-state index contributed by atoms with van der Waals surface area (Å²) in [4.78, 5) is 12.6. The van der Waals surface area contributed by atoms with E-state index in [1.165, 1.54) is 13.8 Å². The number of H-pyrrole nitrogens is 1. The molecule has 0 spiro atoms. The lowest BCUT2D eigenvalue weighted by Crippen LogP contribution is -2.43. The zero-order chi connectivity index (χ0) is 15.7. The van der Waals surface area contributed by atoms with Gasteiger partial charge in [-0.1, -0.05) is 11.6 Å². The number of hydrogen-bond acceptors (Lipinski definition) is 3. The molecule has 1 aromatic rings. The fourth-order valence-corrected chi connectivity index (χ4v) is 3.30. The van der Waals surface area contributed by atoms with Crippen LogP contribution in [0.15, 0.2) is 22.0 Å². The Balaban J connectivity index is 3.30. The number of pyridine rings is 1. The second-order valence-electron chi connectivity index (χ2n) is 4.27. The molecule has 1 heterocycles. The molecular weight excluding hydrogens is 321 g/mol. The minimum absolute atomic E-state index is 0.289. The topological polar surface area (TPSA) is 70.2 Å². The molecule has 0 saturated heterocycles. The second-order valence-corrected chi connectivity index (χ2v) is 6.57. The van der Waals surface area contributed by atoms with E-state index in [0.29, 0.717) is 0 Å². The van der Waals surface area contributed by atoms with Crippen LogP contribution < -0.4 is 5.56 Å². The van der Waals surface area contributed by atoms with Gasteiger partial charge >= 0.3 is 6.18 Å². The number of nitrogens with zero attached hydrogens (tertiary/aromatic N) is 1. The van der Waals surface area contributed by atoms with Crippen LogP contribution >= 0.6 is 11.6 Å². The van der Waals surface area contributed by atoms with Crippen molar-refractivity contribution in [2.45, 2.75) is 31.0 Å². The van der Waals surface area contributed by atoms with Crippen LogP contribution in [0, 0.1) is 0 Å². The van der Waals surface area contributed by atoms with Gasteiger partial charge in [-0.05, 0) is 19.9 Å². The molecule has 0 atom stereocenters. The zero-order valence-corrected chi connectivity index (χ0v) is 12.1. The number of nitrogens with one attached hydrogen (secondary N) is 1. The minimum Gasteiger partial charge on any atom is -0.326 e. The summed E-state index contributed by atoms with van der Waals surface area (Å²) in [5.41, 5.74) is -0.725. The van der Waals surface area contributed by atoms with Crippen molar-refractivity contribution in [2.24, 2.45) is 0 Å². The van der Waals surface area contributed by atoms with Crippen molar-refractivity contribution in [2.75, 3.05) is 6.54 Å². The molecule has 0 saturated carbocycles. The Morgan fingerprint density at radius 3 is 2.35 bits per heavy atom. The van der Waals surface area contributed by atoms with E-state index in [4.69, 9.17) is 11.6 Å². The molecule has 0 aliphatic carbocycles. The van der Waals surface area contributed by atoms with Gasteiger partial charge in [0, 0.05) is 12.2 Å². The Kier molecular flexibility index (Phi) is 4.88. The number of hydrogen-bond donors (Lipinski definition) is 1. The summed E-state index contributed by atoms with van der Waals surface area (Å²) in [5.74, 6) is 0. The van der Waals surface area contributed by atoms with E-state index >= 15 is 0 Å². The number of halogens is 4. The predicted molar refractivity (Wildman–Crippen MR) is 67.2 cm³/mol. The summed E-state index contributed by atoms with van der Waals surface area (Å²) in [7, 11) is -4.41. The lowest BCUT2D eigenvalue weighted by atomic mass is 10.4. The van der Waals surface area contributed by atoms with Crippen molar-refractivity contribution in [3.63, 3.8) is 0 Å². The van der Waals surface area contributed by atoms with E-state index in [2.05, 4.69) is 4.98 Å². The molecule has 0 amide bonds. The molecule has 10 heteroatoms. The highest BCUT2D eigenvalue weighted by Gasteiger charge is 2.38. The van der Waals surface area contributed by atoms with E-state index in [0.717, 1.165) is 12.3 Å². The van der Waals surface area contributed by atoms with Crippen LogP contribution in [0.25, 0.3) is 0 Å². The van der Waals surface area contributed by atoms with Crippen LogP contribution in [0.3, 0.4) is 0 Å². The number of aromatic amines is 1. The SMILES string of the molecule is CC(C)N(CC(F)(F)F)S(=O)(=O)c1c[nH]c(=O)c(Cl)c1. The van der Waals surface area contributed by atoms with Crippen molar-refractivity contribution in [1.29, 1.82) is 0 Å². The lowest BCUT2D eigenvalue weighted by Gasteiger charge is -2.26. The van der Waals surface area contributed by atoms with Crippen LogP contribution in [0.4, 0.5) is 13.2 Å². The number of sulfonamides is 1. The first kappa shape index (κ1) is 17.0. The first-order valence-electron chi connectivity index (χ1n) is 5.42. The van der Waals surface area contributed by atoms with Gasteiger partial charge in [-0.2, -0.15) is 17.5 Å². The highest BCUT2D eigenvalue weighted by atomic mass is 35.5. The lowest BCUT2D eigenvalue weighted by molar-refractivity contribution is -0.138. The summed E-state index contributed by atoms with van der Waals surface area (Å²) >= 11 is 5.49. The van der Waals surface area contributed by atoms with E-state index in [-0.39, 0.29) is 4.31 Å². The highest BCUT2D eigenvalue weighted by molar-refractivity contribution is 7.89. The van der Waals surface area contributed by atoms with E-state index in [9.17, 15) is 26.4 Å². The fourth-order valence-electron chi connectivity index (χ4n) is 1.44. The van der Waals surface area contributed by atoms with Gasteiger partial charge < -0.3 is 4.98 Å². The van der Waals surface area contributed by atoms with Crippen molar-refractivity contribution in [3.8, 4) is 0 Å². The first-order valence-corrected chi connectivity index (χ1v) is 7.24. The number of aromatic nitrogens is 1. The van der Waals surface area contributed by atoms with Crippen LogP contribution in [0.2, 0.25) is 5.02 Å². The van der Waals surface area contributed by atoms with E-state index in [1.807, 2.05) is 0 Å². The molecule has 0 aliphatic rings. The predicted octanol–water partition coefficient (Wildman–Crippen LogP) is 1.99. The summed E-state index contributed by atoms with van der Waals surface area (Å²) in [5, 5.41) is -0.415. The van der Waals surface area contributed by atoms with Crippen LogP contribution in [0.1, 0.15) is 13.8 Å². The van der Waals surface area contributed by atoms with Gasteiger partial charge in [-0.25, -0.2) is 8.42 Å². The zero-order valence-electron chi connectivity index (χ0n) is 10.5. The Hall–Kier alpha value is -1.06. The Labute approximate surface area is 118 Å². The Bertz CT molecular complexity index is 640. The normalized spacial score (nSPS) is 13.2. The highest BCUT2D eigenvalue weighted by Crippen LogP contribution is 2.24. The van der Waals surface area contributed by atoms with Crippen molar-refractivity contribution >= 4 is 21.6 Å². The van der Waals surface area contributed by atoms with Gasteiger partial charge in [-0.3, -0.25) is 4.79 Å². The molecular formula is C10H12ClF3N2O3S. The van der Waals surface area contributed by atoms with Gasteiger partial charge in [-0.15, -0.1) is 0 Å². The van der Waals surface area contributed by atoms with Gasteiger partial charge in [0.25, 0.3) is 5.56 Å². The molecule has 1 aromatic heterocycles. The van der Waals surface area contributed by atoms with Gasteiger partial charge in [0.15, 0.2) is 0 Å². The van der Waals surface area contributed by atoms with Crippen molar-refractivity contribution < 1.29 is 21.6 Å². The molecule has 0 aromatic carbocycles. The van der Waals surface area contributed by atoms with Gasteiger partial charge in [0.1, 0.15) is 11.6 Å². The third kappa shape index (κ3) is 3.97. The van der Waals surface area contributed by atoms with Crippen molar-refractivity contribution in [1.82, 2.24) is 9.29 Å². The quantitative estimate of drug-likeness (QED) is 0.916. The minimum atomic E-state index is -4.68. The van der Waals surface area contributed by atoms with Crippen LogP contribution in [-0.2, 0) is 10.0 Å². The molecule has 1 N–H and O–H groups in total. The molecule has 0 aliphatic heterocycles. The molecule has 20 heavy (non-hydrogen) atoms. The molecule has 0 radical (unpaired) electrons. The summed E-state index contributed by atoms with van der Waals surface area (Å²) in [6.45, 7) is 1.01. The van der Waals surface area contributed by atoms with E-state index < -0.39 is 44.3 Å². The molecule has 0 bridgehead atoms. The maximum atomic E-state index is 12.5. The summed E-state index contributed by atoms with van der Waals surface area (Å²) in [6.07, 6.45) is -3.86. The summed E-state index contributed by atoms with van der Waals surface area (Å²) in [6, 6.07) is -0.0890. The Morgan fingerprint density at radius 1 is 1.40 bits per heavy atom. The summed E-state index contributed by atoms with van der Waals surface area (Å²) < 4.78 is 62.0. The molecule has 0 fully saturated rings. The average molecular weight is 333 g/mol. The number of rotatable bonds is 4. The molecule has 114 valence electrons. The third-order valence-corrected chi connectivity index (χ3v) is 4.63. The fraction of sp³-hybridized carbons (Fsp3) is 0.500. The standard InChI is InChI=1S/C10H12ClF3N2O3S/c1-6(2)16(5-10(12,13)14)20(18,19)7-3-8(11)9(17)15-4-7/h3-4,6H,5H2,1-2H3,(H,15,17). The molecule has 1 rings (SSSR count). The van der Waals surface area contributed by atoms with Crippen molar-refractivity contribution in [3.05, 3.63) is 27.6 Å². The number of alkyl halides is 3.